The van der Waals surface area contributed by atoms with Gasteiger partial charge < -0.3 is 19.6 Å². The molecule has 20 heteroatoms. The number of rotatable bonds is 7. The molecule has 2 aromatic heterocycles. The lowest BCUT2D eigenvalue weighted by Gasteiger charge is -2.47. The predicted molar refractivity (Wildman–Crippen MR) is 342 cm³/mol. The van der Waals surface area contributed by atoms with Crippen LogP contribution in [-0.2, 0) is 0 Å². The third-order valence-electron chi connectivity index (χ3n) is 17.4. The van der Waals surface area contributed by atoms with E-state index in [0.717, 1.165) is 69.0 Å². The van der Waals surface area contributed by atoms with Gasteiger partial charge >= 0.3 is 0 Å². The Kier molecular flexibility index (Phi) is 12.3. The molecule has 6 heterocycles. The van der Waals surface area contributed by atoms with Crippen LogP contribution >= 0.6 is 34.4 Å². The molecule has 16 rings (SSSR count). The lowest BCUT2D eigenvalue weighted by molar-refractivity contribution is 0.585. The van der Waals surface area contributed by atoms with E-state index in [1.165, 1.54) is 103 Å². The molecule has 4 aliphatic heterocycles. The van der Waals surface area contributed by atoms with E-state index in [9.17, 15) is 4.39 Å². The van der Waals surface area contributed by atoms with Crippen LogP contribution in [0.15, 0.2) is 163 Å². The Morgan fingerprint density at radius 1 is 0.398 bits per heavy atom. The van der Waals surface area contributed by atoms with Gasteiger partial charge in [-0.1, -0.05) is 47.4 Å². The highest BCUT2D eigenvalue weighted by Gasteiger charge is 2.51. The molecule has 12 aromatic rings. The first-order chi connectivity index (χ1) is 42.5. The van der Waals surface area contributed by atoms with E-state index in [-0.39, 0.29) is 39.8 Å². The highest BCUT2D eigenvalue weighted by molar-refractivity contribution is 7.98. The third kappa shape index (κ3) is 7.83. The van der Waals surface area contributed by atoms with Crippen LogP contribution in [0.1, 0.15) is 16.7 Å². The van der Waals surface area contributed by atoms with Crippen molar-refractivity contribution in [3.63, 3.8) is 0 Å². The molecule has 88 heavy (non-hydrogen) atoms. The maximum absolute atomic E-state index is 17.3. The van der Waals surface area contributed by atoms with Crippen LogP contribution in [0.2, 0.25) is 0 Å². The Hall–Kier alpha value is -8.84. The van der Waals surface area contributed by atoms with Gasteiger partial charge in [0, 0.05) is 64.3 Å². The number of hydrogen-bond acceptors (Lipinski definition) is 7. The summed E-state index contributed by atoms with van der Waals surface area (Å²) < 4.78 is 170. The van der Waals surface area contributed by atoms with Crippen LogP contribution in [0.25, 0.3) is 20.2 Å². The molecule has 427 valence electrons. The minimum Gasteiger partial charge on any atom is -0.306 e. The van der Waals surface area contributed by atoms with Gasteiger partial charge in [-0.25, -0.2) is 43.9 Å². The molecule has 0 amide bonds. The van der Waals surface area contributed by atoms with Crippen molar-refractivity contribution in [2.45, 2.75) is 25.7 Å². The Bertz CT molecular complexity index is 5010. The fraction of sp³-hybridized carbons (Fsp3) is 0.0588. The van der Waals surface area contributed by atoms with Gasteiger partial charge in [-0.15, -0.1) is 23.1 Å². The first-order valence-electron chi connectivity index (χ1n) is 27.9. The molecule has 0 spiro atoms. The quantitative estimate of drug-likeness (QED) is 0.0893. The molecule has 0 atom stereocenters. The zero-order chi connectivity index (χ0) is 60.6. The summed E-state index contributed by atoms with van der Waals surface area (Å²) in [6.07, 6.45) is 1.80. The van der Waals surface area contributed by atoms with Crippen LogP contribution < -0.4 is 61.9 Å². The lowest BCUT2D eigenvalue weighted by atomic mass is 9.31. The maximum Gasteiger partial charge on any atom is 0.264 e. The van der Waals surface area contributed by atoms with E-state index >= 15 is 39.5 Å². The highest BCUT2D eigenvalue weighted by Crippen LogP contribution is 2.53. The summed E-state index contributed by atoms with van der Waals surface area (Å²) in [5.74, 6) is -8.65. The molecule has 0 bridgehead atoms. The number of halogens is 10. The second-order valence-electron chi connectivity index (χ2n) is 22.4. The Morgan fingerprint density at radius 3 is 1.33 bits per heavy atom. The summed E-state index contributed by atoms with van der Waals surface area (Å²) in [6, 6.07) is 36.9. The van der Waals surface area contributed by atoms with E-state index in [1.807, 2.05) is 39.3 Å². The SMILES string of the molecule is CSc1cc2c3c(c1)N(c1c(F)cccc1F)c1cc4c(cc1B3c1cc([B]c3sc5ccc(F)cc5c3C)c(C)cc1N2c1c(F)cccc1F)B1c2sc3ccc(F)cc3c2N(c2c(F)cccc2F)c2cc(C)cc(c21)N4c1c(F)cccc1F. The summed E-state index contributed by atoms with van der Waals surface area (Å²) in [4.78, 5) is 6.28. The smallest absolute Gasteiger partial charge is 0.264 e. The van der Waals surface area contributed by atoms with Crippen LogP contribution in [0.3, 0.4) is 0 Å². The molecule has 0 N–H and O–H groups in total. The largest absolute Gasteiger partial charge is 0.306 e. The predicted octanol–water partition coefficient (Wildman–Crippen LogP) is 15.0. The molecule has 0 saturated carbocycles. The Balaban J connectivity index is 1.06. The molecule has 1 radical (unpaired) electrons. The summed E-state index contributed by atoms with van der Waals surface area (Å²) in [5.41, 5.74) is 4.62. The number of thioether (sulfide) groups is 1. The minimum atomic E-state index is -0.986. The molecule has 0 fully saturated rings. The number of thiophene rings is 2. The van der Waals surface area contributed by atoms with Crippen molar-refractivity contribution in [2.75, 3.05) is 25.9 Å². The number of anilines is 12. The number of benzene rings is 10. The number of nitrogens with zero attached hydrogens (tertiary/aromatic N) is 4. The molecular weight excluding hydrogens is 1190 g/mol. The first kappa shape index (κ1) is 54.5. The molecule has 0 saturated heterocycles. The minimum absolute atomic E-state index is 0.157. The van der Waals surface area contributed by atoms with E-state index in [4.69, 9.17) is 0 Å². The van der Waals surface area contributed by atoms with E-state index in [2.05, 4.69) is 0 Å². The summed E-state index contributed by atoms with van der Waals surface area (Å²) >= 11 is 3.99. The van der Waals surface area contributed by atoms with Gasteiger partial charge in [0.2, 0.25) is 7.28 Å². The van der Waals surface area contributed by atoms with Gasteiger partial charge in [0.1, 0.15) is 80.9 Å². The van der Waals surface area contributed by atoms with Gasteiger partial charge in [0.15, 0.2) is 0 Å². The number of fused-ring (bicyclic) bond motifs is 11. The van der Waals surface area contributed by atoms with Crippen LogP contribution in [0, 0.1) is 78.9 Å². The number of aryl methyl sites for hydroxylation is 3. The second-order valence-corrected chi connectivity index (χ2v) is 25.4. The van der Waals surface area contributed by atoms with E-state index < -0.39 is 94.3 Å². The van der Waals surface area contributed by atoms with Crippen LogP contribution in [-0.4, -0.2) is 27.0 Å². The van der Waals surface area contributed by atoms with Crippen molar-refractivity contribution in [2.24, 2.45) is 0 Å². The average molecular weight is 1230 g/mol. The third-order valence-corrected chi connectivity index (χ3v) is 20.6. The molecule has 0 aliphatic carbocycles. The van der Waals surface area contributed by atoms with E-state index in [0.29, 0.717) is 69.3 Å². The van der Waals surface area contributed by atoms with E-state index in [1.54, 1.807) is 55.6 Å². The van der Waals surface area contributed by atoms with Crippen molar-refractivity contribution in [3.05, 3.63) is 233 Å². The van der Waals surface area contributed by atoms with Crippen LogP contribution in [0.5, 0.6) is 0 Å². The molecule has 4 aliphatic rings. The second kappa shape index (κ2) is 19.8. The van der Waals surface area contributed by atoms with Crippen molar-refractivity contribution < 1.29 is 43.9 Å². The molecular formula is C68H38B3F10N4S3. The molecule has 4 nitrogen and oxygen atoms in total. The van der Waals surface area contributed by atoms with Gasteiger partial charge in [0.25, 0.3) is 13.4 Å². The fourth-order valence-electron chi connectivity index (χ4n) is 13.8. The van der Waals surface area contributed by atoms with Crippen molar-refractivity contribution >= 4 is 186 Å². The van der Waals surface area contributed by atoms with Gasteiger partial charge in [0.05, 0.1) is 5.69 Å². The summed E-state index contributed by atoms with van der Waals surface area (Å²) in [5, 5.41) is 1.05. The maximum atomic E-state index is 17.3. The first-order valence-corrected chi connectivity index (χ1v) is 30.7. The fourth-order valence-corrected chi connectivity index (χ4v) is 16.7. The Morgan fingerprint density at radius 2 is 0.818 bits per heavy atom. The molecule has 10 aromatic carbocycles. The van der Waals surface area contributed by atoms with Crippen molar-refractivity contribution in [1.29, 1.82) is 0 Å². The van der Waals surface area contributed by atoms with Crippen molar-refractivity contribution in [3.8, 4) is 0 Å². The topological polar surface area (TPSA) is 13.0 Å². The monoisotopic (exact) mass is 1230 g/mol. The zero-order valence-electron chi connectivity index (χ0n) is 46.5. The zero-order valence-corrected chi connectivity index (χ0v) is 49.0. The van der Waals surface area contributed by atoms with Crippen molar-refractivity contribution in [1.82, 2.24) is 0 Å². The standard InChI is InChI=1S/C68H38B3F10N4S3/c1-31-21-54-61-55(22-31)85(66-49(80)15-8-16-50(66)81)62-38-25-35(73)18-20-59(38)88-68(62)71(61)42-29-41-52(30-53(42)83(54)64-45(76)11-6-12-46(64)77)84(65-47(78)13-7-14-48(65)79)57-27-36(86-4)26-56-60(57)70(41)40-28-39(69-67-33(3)37-24-34(72)17-19-58(37)87-67)32(2)23-51(40)82(56)63-43(74)9-5-10-44(63)75/h5-30H,1-4H3. The number of para-hydroxylation sites is 4. The van der Waals surface area contributed by atoms with Gasteiger partial charge in [-0.3, -0.25) is 0 Å². The highest BCUT2D eigenvalue weighted by atomic mass is 32.2. The normalized spacial score (nSPS) is 13.5. The number of hydrogen-bond donors (Lipinski definition) is 0. The average Bonchev–Trinajstić information content (AvgIpc) is 0.904. The van der Waals surface area contributed by atoms with Gasteiger partial charge in [-0.05, 0) is 197 Å². The van der Waals surface area contributed by atoms with Crippen LogP contribution in [0.4, 0.5) is 112 Å². The lowest BCUT2D eigenvalue weighted by Crippen LogP contribution is -2.65. The molecule has 0 unspecified atom stereocenters. The summed E-state index contributed by atoms with van der Waals surface area (Å²) in [6.45, 7) is 3.57. The summed E-state index contributed by atoms with van der Waals surface area (Å²) in [7, 11) is 1.98. The Labute approximate surface area is 510 Å². The van der Waals surface area contributed by atoms with Gasteiger partial charge in [-0.2, -0.15) is 11.3 Å².